The number of nitro groups is 1. The Morgan fingerprint density at radius 3 is 2.50 bits per heavy atom. The zero-order valence-electron chi connectivity index (χ0n) is 11.7. The molecule has 5 nitrogen and oxygen atoms in total. The van der Waals surface area contributed by atoms with E-state index < -0.39 is 11.0 Å². The van der Waals surface area contributed by atoms with E-state index in [1.807, 2.05) is 0 Å². The molecule has 1 aromatic carbocycles. The highest BCUT2D eigenvalue weighted by Gasteiger charge is 2.19. The number of nitrogens with zero attached hydrogens (tertiary/aromatic N) is 1. The van der Waals surface area contributed by atoms with Crippen LogP contribution >= 0.6 is 0 Å². The normalized spacial score (nSPS) is 18.3. The summed E-state index contributed by atoms with van der Waals surface area (Å²) in [6.07, 6.45) is 6.18. The van der Waals surface area contributed by atoms with E-state index in [1.165, 1.54) is 25.0 Å². The molecule has 1 atom stereocenters. The number of hydrogen-bond acceptors (Lipinski definition) is 4. The summed E-state index contributed by atoms with van der Waals surface area (Å²) in [4.78, 5) is 10.3. The predicted molar refractivity (Wildman–Crippen MR) is 75.8 cm³/mol. The molecule has 110 valence electrons. The highest BCUT2D eigenvalue weighted by molar-refractivity contribution is 5.44. The molecule has 20 heavy (non-hydrogen) atoms. The highest BCUT2D eigenvalue weighted by Crippen LogP contribution is 2.32. The summed E-state index contributed by atoms with van der Waals surface area (Å²) in [5.74, 6) is 0.567. The molecule has 0 aromatic heterocycles. The van der Waals surface area contributed by atoms with Crippen LogP contribution < -0.4 is 4.74 Å². The molecule has 1 aliphatic carbocycles. The summed E-state index contributed by atoms with van der Waals surface area (Å²) in [7, 11) is 0. The Morgan fingerprint density at radius 1 is 1.30 bits per heavy atom. The average molecular weight is 279 g/mol. The van der Waals surface area contributed by atoms with Gasteiger partial charge in [-0.05, 0) is 38.7 Å². The van der Waals surface area contributed by atoms with Crippen LogP contribution in [-0.4, -0.2) is 16.1 Å². The van der Waals surface area contributed by atoms with E-state index in [9.17, 15) is 15.2 Å². The van der Waals surface area contributed by atoms with Gasteiger partial charge in [-0.1, -0.05) is 12.8 Å². The van der Waals surface area contributed by atoms with Crippen molar-refractivity contribution in [1.82, 2.24) is 0 Å². The second-order valence-corrected chi connectivity index (χ2v) is 5.39. The Labute approximate surface area is 118 Å². The van der Waals surface area contributed by atoms with Crippen LogP contribution in [-0.2, 0) is 0 Å². The largest absolute Gasteiger partial charge is 0.490 e. The monoisotopic (exact) mass is 279 g/mol. The molecule has 2 rings (SSSR count). The molecule has 0 bridgehead atoms. The van der Waals surface area contributed by atoms with Crippen molar-refractivity contribution in [1.29, 1.82) is 0 Å². The third-order valence-electron chi connectivity index (χ3n) is 3.75. The molecule has 0 unspecified atom stereocenters. The summed E-state index contributed by atoms with van der Waals surface area (Å²) < 4.78 is 5.98. The number of non-ortho nitro benzene ring substituents is 1. The fourth-order valence-corrected chi connectivity index (χ4v) is 2.62. The first-order valence-corrected chi connectivity index (χ1v) is 7.21. The fraction of sp³-hybridized carbons (Fsp3) is 0.600. The molecule has 1 fully saturated rings. The van der Waals surface area contributed by atoms with Gasteiger partial charge in [0.05, 0.1) is 17.1 Å². The molecule has 1 N–H and O–H groups in total. The zero-order chi connectivity index (χ0) is 14.5. The van der Waals surface area contributed by atoms with Crippen LogP contribution in [0.4, 0.5) is 5.69 Å². The third-order valence-corrected chi connectivity index (χ3v) is 3.75. The van der Waals surface area contributed by atoms with Crippen molar-refractivity contribution in [2.24, 2.45) is 0 Å². The molecule has 0 amide bonds. The Kier molecular flexibility index (Phi) is 4.95. The van der Waals surface area contributed by atoms with E-state index in [2.05, 4.69) is 0 Å². The minimum absolute atomic E-state index is 0.0193. The summed E-state index contributed by atoms with van der Waals surface area (Å²) in [5, 5.41) is 20.6. The van der Waals surface area contributed by atoms with E-state index >= 15 is 0 Å². The third kappa shape index (κ3) is 3.70. The first-order chi connectivity index (χ1) is 9.58. The van der Waals surface area contributed by atoms with Crippen LogP contribution in [0.3, 0.4) is 0 Å². The van der Waals surface area contributed by atoms with Gasteiger partial charge in [-0.2, -0.15) is 0 Å². The second-order valence-electron chi connectivity index (χ2n) is 5.39. The Bertz CT molecular complexity index is 465. The van der Waals surface area contributed by atoms with E-state index in [4.69, 9.17) is 4.74 Å². The molecule has 0 heterocycles. The maximum atomic E-state index is 10.8. The number of benzene rings is 1. The van der Waals surface area contributed by atoms with Gasteiger partial charge in [0.15, 0.2) is 0 Å². The van der Waals surface area contributed by atoms with E-state index in [0.717, 1.165) is 25.7 Å². The Balaban J connectivity index is 2.19. The van der Waals surface area contributed by atoms with Gasteiger partial charge < -0.3 is 9.84 Å². The van der Waals surface area contributed by atoms with Crippen LogP contribution in [0.1, 0.15) is 57.1 Å². The van der Waals surface area contributed by atoms with Gasteiger partial charge >= 0.3 is 0 Å². The Morgan fingerprint density at radius 2 is 1.95 bits per heavy atom. The van der Waals surface area contributed by atoms with Gasteiger partial charge in [0, 0.05) is 17.7 Å². The first kappa shape index (κ1) is 14.8. The van der Waals surface area contributed by atoms with E-state index in [1.54, 1.807) is 13.0 Å². The lowest BCUT2D eigenvalue weighted by Gasteiger charge is -2.20. The quantitative estimate of drug-likeness (QED) is 0.517. The van der Waals surface area contributed by atoms with Crippen molar-refractivity contribution in [2.45, 2.75) is 57.7 Å². The lowest BCUT2D eigenvalue weighted by molar-refractivity contribution is -0.385. The van der Waals surface area contributed by atoms with Crippen LogP contribution in [0.15, 0.2) is 18.2 Å². The predicted octanol–water partition coefficient (Wildman–Crippen LogP) is 3.75. The molecule has 1 saturated carbocycles. The molecule has 1 aromatic rings. The molecule has 0 saturated heterocycles. The zero-order valence-corrected chi connectivity index (χ0v) is 11.7. The number of hydrogen-bond donors (Lipinski definition) is 1. The molecule has 1 aliphatic rings. The first-order valence-electron chi connectivity index (χ1n) is 7.21. The summed E-state index contributed by atoms with van der Waals surface area (Å²) in [5.41, 5.74) is 0.470. The molecular weight excluding hydrogens is 258 g/mol. The van der Waals surface area contributed by atoms with Crippen molar-refractivity contribution in [3.8, 4) is 5.75 Å². The maximum Gasteiger partial charge on any atom is 0.270 e. The lowest BCUT2D eigenvalue weighted by atomic mass is 10.1. The second kappa shape index (κ2) is 6.70. The van der Waals surface area contributed by atoms with Crippen LogP contribution in [0, 0.1) is 10.1 Å². The van der Waals surface area contributed by atoms with Gasteiger partial charge in [-0.25, -0.2) is 0 Å². The standard InChI is InChI=1S/C15H21NO4/c1-11(17)14-10-12(16(18)19)8-9-15(14)20-13-6-4-2-3-5-7-13/h8-11,13,17H,2-7H2,1H3/t11-/m0/s1. The average Bonchev–Trinajstić information content (AvgIpc) is 2.67. The van der Waals surface area contributed by atoms with Crippen molar-refractivity contribution in [2.75, 3.05) is 0 Å². The van der Waals surface area contributed by atoms with Crippen molar-refractivity contribution in [3.05, 3.63) is 33.9 Å². The van der Waals surface area contributed by atoms with Crippen molar-refractivity contribution >= 4 is 5.69 Å². The molecular formula is C15H21NO4. The lowest BCUT2D eigenvalue weighted by Crippen LogP contribution is -2.16. The maximum absolute atomic E-state index is 10.8. The SMILES string of the molecule is C[C@H](O)c1cc([N+](=O)[O-])ccc1OC1CCCCCC1. The fourth-order valence-electron chi connectivity index (χ4n) is 2.62. The minimum atomic E-state index is -0.782. The van der Waals surface area contributed by atoms with Gasteiger partial charge in [-0.3, -0.25) is 10.1 Å². The molecule has 0 spiro atoms. The summed E-state index contributed by atoms with van der Waals surface area (Å²) in [6, 6.07) is 4.43. The van der Waals surface area contributed by atoms with Crippen molar-refractivity contribution < 1.29 is 14.8 Å². The van der Waals surface area contributed by atoms with Crippen molar-refractivity contribution in [3.63, 3.8) is 0 Å². The van der Waals surface area contributed by atoms with Gasteiger partial charge in [0.1, 0.15) is 5.75 Å². The molecule has 0 radical (unpaired) electrons. The number of aliphatic hydroxyl groups excluding tert-OH is 1. The van der Waals surface area contributed by atoms with Gasteiger partial charge in [0.2, 0.25) is 0 Å². The summed E-state index contributed by atoms with van der Waals surface area (Å²) >= 11 is 0. The molecule has 5 heteroatoms. The topological polar surface area (TPSA) is 72.6 Å². The smallest absolute Gasteiger partial charge is 0.270 e. The van der Waals surface area contributed by atoms with Gasteiger partial charge in [0.25, 0.3) is 5.69 Å². The minimum Gasteiger partial charge on any atom is -0.490 e. The van der Waals surface area contributed by atoms with Crippen LogP contribution in [0.25, 0.3) is 0 Å². The Hall–Kier alpha value is -1.62. The van der Waals surface area contributed by atoms with E-state index in [-0.39, 0.29) is 11.8 Å². The summed E-state index contributed by atoms with van der Waals surface area (Å²) in [6.45, 7) is 1.60. The highest BCUT2D eigenvalue weighted by atomic mass is 16.6. The number of rotatable bonds is 4. The number of ether oxygens (including phenoxy) is 1. The van der Waals surface area contributed by atoms with E-state index in [0.29, 0.717) is 11.3 Å². The van der Waals surface area contributed by atoms with Crippen LogP contribution in [0.2, 0.25) is 0 Å². The molecule has 0 aliphatic heterocycles. The number of nitro benzene ring substituents is 1. The number of aliphatic hydroxyl groups is 1. The van der Waals surface area contributed by atoms with Gasteiger partial charge in [-0.15, -0.1) is 0 Å². The van der Waals surface area contributed by atoms with Crippen LogP contribution in [0.5, 0.6) is 5.75 Å².